The maximum Gasteiger partial charge on any atom is 0.306 e. The number of hydrogen-bond acceptors (Lipinski definition) is 3. The van der Waals surface area contributed by atoms with Gasteiger partial charge in [0.2, 0.25) is 0 Å². The molecule has 0 saturated heterocycles. The van der Waals surface area contributed by atoms with E-state index in [4.69, 9.17) is 14.7 Å². The third-order valence-corrected chi connectivity index (χ3v) is 2.86. The van der Waals surface area contributed by atoms with Gasteiger partial charge in [-0.3, -0.25) is 0 Å². The predicted molar refractivity (Wildman–Crippen MR) is 73.5 cm³/mol. The summed E-state index contributed by atoms with van der Waals surface area (Å²) in [5.41, 5.74) is 0.167. The SMILES string of the molecule is COc1cc(C#N)cc(OCC(F)(F)c2ccccc2)c1. The molecule has 0 heterocycles. The topological polar surface area (TPSA) is 42.2 Å². The molecule has 0 spiro atoms. The van der Waals surface area contributed by atoms with E-state index in [2.05, 4.69) is 0 Å². The lowest BCUT2D eigenvalue weighted by atomic mass is 10.1. The van der Waals surface area contributed by atoms with Crippen molar-refractivity contribution in [3.63, 3.8) is 0 Å². The maximum absolute atomic E-state index is 14.0. The van der Waals surface area contributed by atoms with Crippen LogP contribution in [0.3, 0.4) is 0 Å². The van der Waals surface area contributed by atoms with Crippen LogP contribution in [0.15, 0.2) is 48.5 Å². The summed E-state index contributed by atoms with van der Waals surface area (Å²) in [6, 6.07) is 13.7. The molecule has 0 aromatic heterocycles. The van der Waals surface area contributed by atoms with Crippen molar-refractivity contribution < 1.29 is 18.3 Å². The number of methoxy groups -OCH3 is 1. The highest BCUT2D eigenvalue weighted by atomic mass is 19.3. The molecular formula is C16H13F2NO2. The third-order valence-electron chi connectivity index (χ3n) is 2.86. The first-order valence-corrected chi connectivity index (χ1v) is 6.20. The maximum atomic E-state index is 14.0. The van der Waals surface area contributed by atoms with Crippen molar-refractivity contribution in [2.75, 3.05) is 13.7 Å². The Hall–Kier alpha value is -2.61. The zero-order valence-electron chi connectivity index (χ0n) is 11.3. The van der Waals surface area contributed by atoms with Crippen LogP contribution in [0.25, 0.3) is 0 Å². The van der Waals surface area contributed by atoms with Gasteiger partial charge < -0.3 is 9.47 Å². The van der Waals surface area contributed by atoms with Crippen LogP contribution >= 0.6 is 0 Å². The smallest absolute Gasteiger partial charge is 0.306 e. The van der Waals surface area contributed by atoms with Crippen LogP contribution in [0.4, 0.5) is 8.78 Å². The minimum Gasteiger partial charge on any atom is -0.497 e. The van der Waals surface area contributed by atoms with Gasteiger partial charge in [-0.15, -0.1) is 0 Å². The van der Waals surface area contributed by atoms with Gasteiger partial charge in [0.1, 0.15) is 11.5 Å². The Morgan fingerprint density at radius 2 is 1.76 bits per heavy atom. The van der Waals surface area contributed by atoms with E-state index < -0.39 is 12.5 Å². The summed E-state index contributed by atoms with van der Waals surface area (Å²) in [6.07, 6.45) is 0. The molecule has 21 heavy (non-hydrogen) atoms. The molecule has 108 valence electrons. The summed E-state index contributed by atoms with van der Waals surface area (Å²) < 4.78 is 38.1. The van der Waals surface area contributed by atoms with Crippen molar-refractivity contribution >= 4 is 0 Å². The summed E-state index contributed by atoms with van der Waals surface area (Å²) in [4.78, 5) is 0. The van der Waals surface area contributed by atoms with Crippen molar-refractivity contribution in [2.24, 2.45) is 0 Å². The monoisotopic (exact) mass is 289 g/mol. The van der Waals surface area contributed by atoms with Crippen molar-refractivity contribution in [2.45, 2.75) is 5.92 Å². The molecule has 0 radical (unpaired) electrons. The first-order chi connectivity index (χ1) is 10.0. The Bertz CT molecular complexity index is 651. The van der Waals surface area contributed by atoms with E-state index in [1.54, 1.807) is 18.2 Å². The highest BCUT2D eigenvalue weighted by Crippen LogP contribution is 2.30. The lowest BCUT2D eigenvalue weighted by molar-refractivity contribution is -0.0467. The van der Waals surface area contributed by atoms with E-state index in [0.717, 1.165) is 0 Å². The van der Waals surface area contributed by atoms with Crippen LogP contribution in [-0.2, 0) is 5.92 Å². The Morgan fingerprint density at radius 1 is 1.10 bits per heavy atom. The van der Waals surface area contributed by atoms with Crippen molar-refractivity contribution in [1.82, 2.24) is 0 Å². The predicted octanol–water partition coefficient (Wildman–Crippen LogP) is 3.74. The Labute approximate surface area is 121 Å². The van der Waals surface area contributed by atoms with E-state index in [0.29, 0.717) is 5.75 Å². The molecule has 2 aromatic carbocycles. The van der Waals surface area contributed by atoms with Crippen LogP contribution in [0.5, 0.6) is 11.5 Å². The molecule has 0 bridgehead atoms. The Kier molecular flexibility index (Phi) is 4.39. The summed E-state index contributed by atoms with van der Waals surface area (Å²) in [6.45, 7) is -0.810. The first kappa shape index (κ1) is 14.8. The Balaban J connectivity index is 2.14. The summed E-state index contributed by atoms with van der Waals surface area (Å²) in [5, 5.41) is 8.88. The highest BCUT2D eigenvalue weighted by molar-refractivity contribution is 5.43. The largest absolute Gasteiger partial charge is 0.497 e. The summed E-state index contributed by atoms with van der Waals surface area (Å²) in [7, 11) is 1.43. The van der Waals surface area contributed by atoms with E-state index in [1.165, 1.54) is 37.4 Å². The van der Waals surface area contributed by atoms with E-state index in [9.17, 15) is 8.78 Å². The average Bonchev–Trinajstić information content (AvgIpc) is 2.53. The number of hydrogen-bond donors (Lipinski definition) is 0. The van der Waals surface area contributed by atoms with Crippen LogP contribution in [0.2, 0.25) is 0 Å². The molecule has 0 amide bonds. The second-order valence-electron chi connectivity index (χ2n) is 4.37. The van der Waals surface area contributed by atoms with Crippen molar-refractivity contribution in [3.8, 4) is 17.6 Å². The second-order valence-corrected chi connectivity index (χ2v) is 4.37. The number of rotatable bonds is 5. The zero-order valence-corrected chi connectivity index (χ0v) is 11.3. The number of ether oxygens (including phenoxy) is 2. The number of halogens is 2. The molecule has 0 aliphatic rings. The lowest BCUT2D eigenvalue weighted by Gasteiger charge is -2.17. The van der Waals surface area contributed by atoms with Crippen molar-refractivity contribution in [3.05, 3.63) is 59.7 Å². The molecule has 0 aliphatic carbocycles. The molecule has 0 unspecified atom stereocenters. The van der Waals surface area contributed by atoms with Gasteiger partial charge in [0.15, 0.2) is 6.61 Å². The third kappa shape index (κ3) is 3.69. The molecule has 0 saturated carbocycles. The number of alkyl halides is 2. The fraction of sp³-hybridized carbons (Fsp3) is 0.188. The van der Waals surface area contributed by atoms with E-state index >= 15 is 0 Å². The quantitative estimate of drug-likeness (QED) is 0.842. The summed E-state index contributed by atoms with van der Waals surface area (Å²) in [5.74, 6) is -2.56. The van der Waals surface area contributed by atoms with Gasteiger partial charge in [-0.2, -0.15) is 14.0 Å². The number of nitrogens with zero attached hydrogens (tertiary/aromatic N) is 1. The molecule has 0 N–H and O–H groups in total. The normalized spacial score (nSPS) is 10.8. The minimum atomic E-state index is -3.11. The molecule has 0 aliphatic heterocycles. The van der Waals surface area contributed by atoms with Gasteiger partial charge in [-0.05, 0) is 12.1 Å². The van der Waals surface area contributed by atoms with Crippen LogP contribution in [-0.4, -0.2) is 13.7 Å². The molecule has 3 nitrogen and oxygen atoms in total. The molecule has 5 heteroatoms. The number of benzene rings is 2. The Morgan fingerprint density at radius 3 is 2.38 bits per heavy atom. The van der Waals surface area contributed by atoms with Crippen LogP contribution < -0.4 is 9.47 Å². The average molecular weight is 289 g/mol. The van der Waals surface area contributed by atoms with E-state index in [1.807, 2.05) is 6.07 Å². The van der Waals surface area contributed by atoms with Gasteiger partial charge in [-0.25, -0.2) is 0 Å². The van der Waals surface area contributed by atoms with Crippen LogP contribution in [0.1, 0.15) is 11.1 Å². The zero-order chi connectivity index (χ0) is 15.3. The molecule has 0 atom stereocenters. The van der Waals surface area contributed by atoms with Gasteiger partial charge in [0, 0.05) is 11.6 Å². The van der Waals surface area contributed by atoms with Gasteiger partial charge in [0.05, 0.1) is 18.7 Å². The van der Waals surface area contributed by atoms with E-state index in [-0.39, 0.29) is 16.9 Å². The molecule has 2 aromatic rings. The lowest BCUT2D eigenvalue weighted by Crippen LogP contribution is -2.23. The fourth-order valence-corrected chi connectivity index (χ4v) is 1.78. The standard InChI is InChI=1S/C16H13F2NO2/c1-20-14-7-12(10-19)8-15(9-14)21-11-16(17,18)13-5-3-2-4-6-13/h2-9H,11H2,1H3. The van der Waals surface area contributed by atoms with Gasteiger partial charge in [-0.1, -0.05) is 30.3 Å². The number of nitriles is 1. The van der Waals surface area contributed by atoms with Crippen molar-refractivity contribution in [1.29, 1.82) is 5.26 Å². The first-order valence-electron chi connectivity index (χ1n) is 6.20. The van der Waals surface area contributed by atoms with Gasteiger partial charge >= 0.3 is 5.92 Å². The summed E-state index contributed by atoms with van der Waals surface area (Å²) >= 11 is 0. The highest BCUT2D eigenvalue weighted by Gasteiger charge is 2.32. The molecule has 2 rings (SSSR count). The van der Waals surface area contributed by atoms with Gasteiger partial charge in [0.25, 0.3) is 0 Å². The minimum absolute atomic E-state index is 0.117. The molecular weight excluding hydrogens is 276 g/mol. The molecule has 0 fully saturated rings. The second kappa shape index (κ2) is 6.23. The van der Waals surface area contributed by atoms with Crippen LogP contribution in [0, 0.1) is 11.3 Å². The fourth-order valence-electron chi connectivity index (χ4n) is 1.78.